The van der Waals surface area contributed by atoms with Crippen LogP contribution in [0.25, 0.3) is 6.08 Å². The summed E-state index contributed by atoms with van der Waals surface area (Å²) in [6, 6.07) is 4.86. The summed E-state index contributed by atoms with van der Waals surface area (Å²) in [5.41, 5.74) is 1.24. The Morgan fingerprint density at radius 1 is 1.39 bits per heavy atom. The molecule has 0 aliphatic carbocycles. The molecule has 1 fully saturated rings. The Morgan fingerprint density at radius 3 is 2.72 bits per heavy atom. The van der Waals surface area contributed by atoms with E-state index >= 15 is 0 Å². The highest BCUT2D eigenvalue weighted by molar-refractivity contribution is 5.85. The van der Waals surface area contributed by atoms with Gasteiger partial charge in [0.2, 0.25) is 0 Å². The molecule has 4 heteroatoms. The first-order valence-corrected chi connectivity index (χ1v) is 6.07. The lowest BCUT2D eigenvalue weighted by Crippen LogP contribution is -2.19. The number of hydrogen-bond acceptors (Lipinski definition) is 2. The molecule has 0 atom stereocenters. The molecule has 0 aromatic heterocycles. The summed E-state index contributed by atoms with van der Waals surface area (Å²) in [6.45, 7) is 2.69. The van der Waals surface area contributed by atoms with E-state index in [-0.39, 0.29) is 5.82 Å². The lowest BCUT2D eigenvalue weighted by atomic mass is 10.1. The van der Waals surface area contributed by atoms with Gasteiger partial charge in [0.15, 0.2) is 0 Å². The smallest absolute Gasteiger partial charge is 0.328 e. The number of carboxylic acid groups (broad SMARTS) is 1. The normalized spacial score (nSPS) is 16.5. The van der Waals surface area contributed by atoms with Gasteiger partial charge in [0.1, 0.15) is 5.82 Å². The van der Waals surface area contributed by atoms with Gasteiger partial charge in [-0.25, -0.2) is 9.18 Å². The van der Waals surface area contributed by atoms with Crippen molar-refractivity contribution in [3.8, 4) is 0 Å². The van der Waals surface area contributed by atoms with E-state index in [9.17, 15) is 9.18 Å². The molecule has 2 rings (SSSR count). The van der Waals surface area contributed by atoms with E-state index in [0.29, 0.717) is 17.7 Å². The van der Waals surface area contributed by atoms with Crippen LogP contribution in [0.1, 0.15) is 24.0 Å². The Kier molecular flexibility index (Phi) is 4.10. The monoisotopic (exact) mass is 249 g/mol. The second-order valence-corrected chi connectivity index (χ2v) is 4.51. The van der Waals surface area contributed by atoms with Crippen LogP contribution in [-0.4, -0.2) is 29.1 Å². The fraction of sp³-hybridized carbons (Fsp3) is 0.357. The van der Waals surface area contributed by atoms with Gasteiger partial charge in [-0.05, 0) is 43.6 Å². The van der Waals surface area contributed by atoms with E-state index in [1.54, 1.807) is 12.1 Å². The molecule has 0 spiro atoms. The van der Waals surface area contributed by atoms with Crippen LogP contribution in [0.15, 0.2) is 24.3 Å². The molecule has 0 saturated carbocycles. The van der Waals surface area contributed by atoms with Crippen molar-refractivity contribution in [3.05, 3.63) is 41.2 Å². The van der Waals surface area contributed by atoms with Crippen molar-refractivity contribution in [3.63, 3.8) is 0 Å². The van der Waals surface area contributed by atoms with E-state index in [1.165, 1.54) is 25.0 Å². The minimum Gasteiger partial charge on any atom is -0.478 e. The Morgan fingerprint density at radius 2 is 2.11 bits per heavy atom. The third-order valence-electron chi connectivity index (χ3n) is 3.09. The van der Waals surface area contributed by atoms with Crippen LogP contribution >= 0.6 is 0 Å². The maximum Gasteiger partial charge on any atom is 0.328 e. The molecule has 0 bridgehead atoms. The molecule has 0 radical (unpaired) electrons. The fourth-order valence-corrected chi connectivity index (χ4v) is 2.14. The summed E-state index contributed by atoms with van der Waals surface area (Å²) in [5.74, 6) is -1.30. The molecule has 1 aromatic carbocycles. The molecule has 1 aromatic rings. The number of benzene rings is 1. The van der Waals surface area contributed by atoms with Crippen molar-refractivity contribution in [1.82, 2.24) is 4.90 Å². The van der Waals surface area contributed by atoms with Gasteiger partial charge in [-0.3, -0.25) is 4.90 Å². The summed E-state index contributed by atoms with van der Waals surface area (Å²) in [4.78, 5) is 12.6. The largest absolute Gasteiger partial charge is 0.478 e. The Hall–Kier alpha value is -1.68. The fourth-order valence-electron chi connectivity index (χ4n) is 2.14. The second kappa shape index (κ2) is 5.78. The van der Waals surface area contributed by atoms with E-state index in [2.05, 4.69) is 4.90 Å². The number of rotatable bonds is 4. The molecule has 1 N–H and O–H groups in total. The van der Waals surface area contributed by atoms with Gasteiger partial charge in [-0.1, -0.05) is 12.1 Å². The number of aliphatic carboxylic acids is 1. The highest BCUT2D eigenvalue weighted by Crippen LogP contribution is 2.17. The van der Waals surface area contributed by atoms with Crippen LogP contribution in [0.4, 0.5) is 4.39 Å². The topological polar surface area (TPSA) is 40.5 Å². The molecule has 1 aliphatic rings. The number of likely N-dealkylation sites (tertiary alicyclic amines) is 1. The zero-order chi connectivity index (χ0) is 13.0. The maximum atomic E-state index is 13.8. The molecule has 0 amide bonds. The number of nitrogens with zero attached hydrogens (tertiary/aromatic N) is 1. The number of carboxylic acids is 1. The summed E-state index contributed by atoms with van der Waals surface area (Å²) in [5, 5.41) is 8.50. The molecule has 1 aliphatic heterocycles. The number of carbonyl (C=O) groups is 1. The van der Waals surface area contributed by atoms with Crippen LogP contribution in [0.2, 0.25) is 0 Å². The molecule has 0 unspecified atom stereocenters. The molecule has 18 heavy (non-hydrogen) atoms. The lowest BCUT2D eigenvalue weighted by molar-refractivity contribution is -0.131. The zero-order valence-electron chi connectivity index (χ0n) is 10.1. The standard InChI is InChI=1S/C14H16FNO2/c15-13-9-11(4-6-14(17)18)3-5-12(13)10-16-7-1-2-8-16/h3-6,9H,1-2,7-8,10H2,(H,17,18)/b6-4+. The third kappa shape index (κ3) is 3.40. The summed E-state index contributed by atoms with van der Waals surface area (Å²) in [6.07, 6.45) is 4.77. The van der Waals surface area contributed by atoms with E-state index in [0.717, 1.165) is 19.2 Å². The van der Waals surface area contributed by atoms with E-state index in [1.807, 2.05) is 0 Å². The van der Waals surface area contributed by atoms with Crippen LogP contribution in [0, 0.1) is 5.82 Å². The molecular weight excluding hydrogens is 233 g/mol. The first-order chi connectivity index (χ1) is 8.65. The van der Waals surface area contributed by atoms with Crippen molar-refractivity contribution < 1.29 is 14.3 Å². The van der Waals surface area contributed by atoms with Crippen LogP contribution < -0.4 is 0 Å². The molecule has 1 heterocycles. The zero-order valence-corrected chi connectivity index (χ0v) is 10.1. The SMILES string of the molecule is O=C(O)/C=C/c1ccc(CN2CCCC2)c(F)c1. The van der Waals surface area contributed by atoms with Crippen molar-refractivity contribution in [1.29, 1.82) is 0 Å². The van der Waals surface area contributed by atoms with Gasteiger partial charge in [-0.15, -0.1) is 0 Å². The number of halogens is 1. The van der Waals surface area contributed by atoms with Crippen LogP contribution in [0.5, 0.6) is 0 Å². The maximum absolute atomic E-state index is 13.8. The average molecular weight is 249 g/mol. The first-order valence-electron chi connectivity index (χ1n) is 6.07. The quantitative estimate of drug-likeness (QED) is 0.833. The predicted octanol–water partition coefficient (Wildman–Crippen LogP) is 2.52. The first kappa shape index (κ1) is 12.8. The highest BCUT2D eigenvalue weighted by atomic mass is 19.1. The predicted molar refractivity (Wildman–Crippen MR) is 67.6 cm³/mol. The summed E-state index contributed by atoms with van der Waals surface area (Å²) < 4.78 is 13.8. The lowest BCUT2D eigenvalue weighted by Gasteiger charge is -2.15. The number of hydrogen-bond donors (Lipinski definition) is 1. The third-order valence-corrected chi connectivity index (χ3v) is 3.09. The van der Waals surface area contributed by atoms with E-state index in [4.69, 9.17) is 5.11 Å². The average Bonchev–Trinajstić information content (AvgIpc) is 2.82. The Balaban J connectivity index is 2.06. The molecule has 96 valence electrons. The van der Waals surface area contributed by atoms with E-state index < -0.39 is 5.97 Å². The van der Waals surface area contributed by atoms with Gasteiger partial charge in [0.05, 0.1) is 0 Å². The van der Waals surface area contributed by atoms with Crippen LogP contribution in [-0.2, 0) is 11.3 Å². The highest BCUT2D eigenvalue weighted by Gasteiger charge is 2.13. The second-order valence-electron chi connectivity index (χ2n) is 4.51. The summed E-state index contributed by atoms with van der Waals surface area (Å²) in [7, 11) is 0. The molecule has 3 nitrogen and oxygen atoms in total. The van der Waals surface area contributed by atoms with Crippen molar-refractivity contribution in [2.75, 3.05) is 13.1 Å². The minimum absolute atomic E-state index is 0.269. The van der Waals surface area contributed by atoms with Crippen molar-refractivity contribution >= 4 is 12.0 Å². The van der Waals surface area contributed by atoms with Crippen molar-refractivity contribution in [2.24, 2.45) is 0 Å². The van der Waals surface area contributed by atoms with Gasteiger partial charge < -0.3 is 5.11 Å². The van der Waals surface area contributed by atoms with Gasteiger partial charge >= 0.3 is 5.97 Å². The Labute approximate surface area is 106 Å². The Bertz CT molecular complexity index is 465. The molecule has 1 saturated heterocycles. The molecular formula is C14H16FNO2. The van der Waals surface area contributed by atoms with Crippen molar-refractivity contribution in [2.45, 2.75) is 19.4 Å². The van der Waals surface area contributed by atoms with Gasteiger partial charge in [0.25, 0.3) is 0 Å². The van der Waals surface area contributed by atoms with Gasteiger partial charge in [0, 0.05) is 18.2 Å². The minimum atomic E-state index is -1.03. The summed E-state index contributed by atoms with van der Waals surface area (Å²) >= 11 is 0. The van der Waals surface area contributed by atoms with Crippen LogP contribution in [0.3, 0.4) is 0 Å². The van der Waals surface area contributed by atoms with Gasteiger partial charge in [-0.2, -0.15) is 0 Å².